The van der Waals surface area contributed by atoms with Crippen molar-refractivity contribution in [2.75, 3.05) is 13.2 Å². The van der Waals surface area contributed by atoms with E-state index in [1.165, 1.54) is 0 Å². The second-order valence-electron chi connectivity index (χ2n) is 17.2. The summed E-state index contributed by atoms with van der Waals surface area (Å²) >= 11 is 0. The minimum atomic E-state index is -1.47. The maximum Gasteiger partial charge on any atom is 0.186 e. The SMILES string of the molecule is C/C(=C\CC[C@](C)(O)[C@H]1CC[C@]2(C)[C@@H]1[C@H](O)C[C@@H]1[C@@]3(C)CC[C@H](O[C@@H]4O[C@H](CO)[C@@H](O)[C@H](O)[C@H]4O)C(C)(C)[C@@H]3CC[C@]12C)CO. The molecule has 0 bridgehead atoms. The number of ether oxygens (including phenoxy) is 2. The number of fused-ring (bicyclic) bond motifs is 5. The molecule has 45 heavy (non-hydrogen) atoms. The molecular weight excluding hydrogens is 576 g/mol. The highest BCUT2D eigenvalue weighted by Crippen LogP contribution is 2.76. The van der Waals surface area contributed by atoms with Crippen LogP contribution in [0.4, 0.5) is 0 Å². The molecule has 0 aromatic carbocycles. The number of hydrogen-bond donors (Lipinski definition) is 7. The monoisotopic (exact) mass is 638 g/mol. The van der Waals surface area contributed by atoms with E-state index in [9.17, 15) is 35.7 Å². The molecule has 5 fully saturated rings. The maximum absolute atomic E-state index is 12.0. The molecule has 5 aliphatic rings. The maximum atomic E-state index is 12.0. The zero-order chi connectivity index (χ0) is 33.3. The third-order valence-corrected chi connectivity index (χ3v) is 14.7. The second-order valence-corrected chi connectivity index (χ2v) is 17.2. The van der Waals surface area contributed by atoms with Crippen LogP contribution in [0.15, 0.2) is 11.6 Å². The average molecular weight is 639 g/mol. The summed E-state index contributed by atoms with van der Waals surface area (Å²) in [5.41, 5.74) is -0.436. The Hall–Kier alpha value is -0.620. The van der Waals surface area contributed by atoms with Gasteiger partial charge < -0.3 is 45.2 Å². The van der Waals surface area contributed by atoms with E-state index in [4.69, 9.17) is 9.47 Å². The van der Waals surface area contributed by atoms with E-state index in [1.807, 2.05) is 19.9 Å². The van der Waals surface area contributed by atoms with Crippen LogP contribution in [0, 0.1) is 45.3 Å². The molecule has 0 radical (unpaired) electrons. The molecule has 4 saturated carbocycles. The molecule has 5 rings (SSSR count). The van der Waals surface area contributed by atoms with E-state index in [1.54, 1.807) is 0 Å². The minimum absolute atomic E-state index is 0.00139. The number of aliphatic hydroxyl groups excluding tert-OH is 6. The topological polar surface area (TPSA) is 160 Å². The molecule has 15 atom stereocenters. The Kier molecular flexibility index (Phi) is 9.80. The molecule has 260 valence electrons. The minimum Gasteiger partial charge on any atom is -0.394 e. The summed E-state index contributed by atoms with van der Waals surface area (Å²) in [6, 6.07) is 0. The van der Waals surface area contributed by atoms with Crippen LogP contribution in [0.25, 0.3) is 0 Å². The van der Waals surface area contributed by atoms with Crippen molar-refractivity contribution in [2.45, 2.75) is 155 Å². The van der Waals surface area contributed by atoms with Gasteiger partial charge in [0.05, 0.1) is 31.0 Å². The molecule has 9 heteroatoms. The lowest BCUT2D eigenvalue weighted by molar-refractivity contribution is -0.332. The third kappa shape index (κ3) is 5.58. The Morgan fingerprint density at radius 3 is 2.20 bits per heavy atom. The number of hydrogen-bond acceptors (Lipinski definition) is 9. The molecule has 0 amide bonds. The van der Waals surface area contributed by atoms with Crippen LogP contribution in [-0.2, 0) is 9.47 Å². The summed E-state index contributed by atoms with van der Waals surface area (Å²) in [5.74, 6) is 0.630. The highest BCUT2D eigenvalue weighted by Gasteiger charge is 2.71. The molecule has 0 spiro atoms. The first kappa shape index (κ1) is 35.7. The molecule has 0 unspecified atom stereocenters. The van der Waals surface area contributed by atoms with Crippen molar-refractivity contribution in [2.24, 2.45) is 45.3 Å². The summed E-state index contributed by atoms with van der Waals surface area (Å²) in [6.07, 6.45) is 2.38. The van der Waals surface area contributed by atoms with Crippen molar-refractivity contribution in [1.82, 2.24) is 0 Å². The molecule has 1 saturated heterocycles. The van der Waals surface area contributed by atoms with Gasteiger partial charge in [0, 0.05) is 0 Å². The van der Waals surface area contributed by atoms with Crippen molar-refractivity contribution < 1.29 is 45.2 Å². The second kappa shape index (κ2) is 12.4. The van der Waals surface area contributed by atoms with Crippen LogP contribution >= 0.6 is 0 Å². The molecule has 0 aromatic heterocycles. The lowest BCUT2D eigenvalue weighted by Gasteiger charge is -2.70. The van der Waals surface area contributed by atoms with Gasteiger partial charge in [-0.05, 0) is 117 Å². The summed E-state index contributed by atoms with van der Waals surface area (Å²) in [7, 11) is 0. The number of allylic oxidation sites excluding steroid dienone is 1. The predicted octanol–water partition coefficient (Wildman–Crippen LogP) is 3.30. The van der Waals surface area contributed by atoms with Gasteiger partial charge in [-0.2, -0.15) is 0 Å². The Morgan fingerprint density at radius 2 is 1.56 bits per heavy atom. The Bertz CT molecular complexity index is 1090. The van der Waals surface area contributed by atoms with Gasteiger partial charge in [0.25, 0.3) is 0 Å². The highest BCUT2D eigenvalue weighted by atomic mass is 16.7. The lowest BCUT2D eigenvalue weighted by atomic mass is 9.35. The zero-order valence-corrected chi connectivity index (χ0v) is 28.7. The Balaban J connectivity index is 1.36. The summed E-state index contributed by atoms with van der Waals surface area (Å²) in [5, 5.41) is 74.2. The van der Waals surface area contributed by atoms with Gasteiger partial charge in [-0.25, -0.2) is 0 Å². The normalized spacial score (nSPS) is 51.2. The van der Waals surface area contributed by atoms with E-state index in [0.29, 0.717) is 31.1 Å². The Labute approximate surface area is 270 Å². The van der Waals surface area contributed by atoms with Gasteiger partial charge in [-0.15, -0.1) is 0 Å². The fourth-order valence-corrected chi connectivity index (χ4v) is 11.9. The lowest BCUT2D eigenvalue weighted by Crippen LogP contribution is -2.67. The van der Waals surface area contributed by atoms with Crippen molar-refractivity contribution >= 4 is 0 Å². The van der Waals surface area contributed by atoms with E-state index in [2.05, 4.69) is 34.6 Å². The van der Waals surface area contributed by atoms with Gasteiger partial charge in [0.15, 0.2) is 6.29 Å². The molecule has 1 aliphatic heterocycles. The average Bonchev–Trinajstić information content (AvgIpc) is 3.36. The highest BCUT2D eigenvalue weighted by molar-refractivity contribution is 5.20. The first-order valence-corrected chi connectivity index (χ1v) is 17.5. The smallest absolute Gasteiger partial charge is 0.186 e. The fourth-order valence-electron chi connectivity index (χ4n) is 11.9. The molecule has 7 N–H and O–H groups in total. The van der Waals surface area contributed by atoms with Crippen molar-refractivity contribution in [3.8, 4) is 0 Å². The summed E-state index contributed by atoms with van der Waals surface area (Å²) in [4.78, 5) is 0. The van der Waals surface area contributed by atoms with Gasteiger partial charge in [0.1, 0.15) is 24.4 Å². The molecule has 1 heterocycles. The largest absolute Gasteiger partial charge is 0.394 e. The van der Waals surface area contributed by atoms with E-state index < -0.39 is 49.0 Å². The van der Waals surface area contributed by atoms with E-state index in [0.717, 1.165) is 44.1 Å². The molecule has 9 nitrogen and oxygen atoms in total. The third-order valence-electron chi connectivity index (χ3n) is 14.7. The van der Waals surface area contributed by atoms with Crippen LogP contribution < -0.4 is 0 Å². The first-order valence-electron chi connectivity index (χ1n) is 17.5. The first-order chi connectivity index (χ1) is 20.9. The van der Waals surface area contributed by atoms with Crippen molar-refractivity contribution in [3.63, 3.8) is 0 Å². The quantitative estimate of drug-likeness (QED) is 0.156. The molecular formula is C36H62O9. The van der Waals surface area contributed by atoms with Gasteiger partial charge in [0.2, 0.25) is 0 Å². The van der Waals surface area contributed by atoms with Crippen molar-refractivity contribution in [3.05, 3.63) is 11.6 Å². The zero-order valence-electron chi connectivity index (χ0n) is 28.7. The van der Waals surface area contributed by atoms with Crippen molar-refractivity contribution in [1.29, 1.82) is 0 Å². The standard InChI is InChI=1S/C36H62O9/c1-20(18-37)9-8-13-36(7,43)21-10-15-35(6)27(21)22(39)17-25-33(4)14-12-26(32(2,3)24(33)11-16-34(25,35)5)45-31-30(42)29(41)28(40)23(19-38)44-31/h9,21-31,37-43H,8,10-19H2,1-7H3/b20-9+/t21-,22+,23+,24-,25+,26-,27-,28+,29-,30+,31-,33-,34+,35+,36-/m0/s1. The van der Waals surface area contributed by atoms with Gasteiger partial charge >= 0.3 is 0 Å². The van der Waals surface area contributed by atoms with Gasteiger partial charge in [-0.1, -0.05) is 46.3 Å². The molecule has 0 aromatic rings. The number of rotatable bonds is 8. The van der Waals surface area contributed by atoms with Crippen LogP contribution in [0.2, 0.25) is 0 Å². The van der Waals surface area contributed by atoms with Crippen LogP contribution in [0.5, 0.6) is 0 Å². The fraction of sp³-hybridized carbons (Fsp3) is 0.944. The summed E-state index contributed by atoms with van der Waals surface area (Å²) in [6.45, 7) is 15.1. The van der Waals surface area contributed by atoms with Crippen LogP contribution in [0.3, 0.4) is 0 Å². The predicted molar refractivity (Wildman–Crippen MR) is 170 cm³/mol. The number of aliphatic hydroxyl groups is 7. The van der Waals surface area contributed by atoms with E-state index in [-0.39, 0.29) is 46.2 Å². The Morgan fingerprint density at radius 1 is 0.889 bits per heavy atom. The van der Waals surface area contributed by atoms with E-state index >= 15 is 0 Å². The molecule has 4 aliphatic carbocycles. The van der Waals surface area contributed by atoms with Crippen LogP contribution in [0.1, 0.15) is 106 Å². The summed E-state index contributed by atoms with van der Waals surface area (Å²) < 4.78 is 12.2. The van der Waals surface area contributed by atoms with Gasteiger partial charge in [-0.3, -0.25) is 0 Å². The van der Waals surface area contributed by atoms with Crippen LogP contribution in [-0.4, -0.2) is 97.5 Å².